The van der Waals surface area contributed by atoms with Crippen LogP contribution >= 0.6 is 0 Å². The summed E-state index contributed by atoms with van der Waals surface area (Å²) in [4.78, 5) is 28.9. The van der Waals surface area contributed by atoms with E-state index < -0.39 is 0 Å². The van der Waals surface area contributed by atoms with E-state index in [4.69, 9.17) is 9.15 Å². The van der Waals surface area contributed by atoms with E-state index in [0.29, 0.717) is 48.8 Å². The van der Waals surface area contributed by atoms with E-state index in [9.17, 15) is 9.59 Å². The average molecular weight is 376 g/mol. The number of rotatable bonds is 4. The van der Waals surface area contributed by atoms with Gasteiger partial charge >= 0.3 is 0 Å². The van der Waals surface area contributed by atoms with Gasteiger partial charge in [0.1, 0.15) is 17.8 Å². The van der Waals surface area contributed by atoms with Gasteiger partial charge < -0.3 is 19.0 Å². The SMILES string of the molecule is O=C(c1ccoc1)N1CCN(C(=O)c2ccccc2Oc2ccccc2)CC1. The highest BCUT2D eigenvalue weighted by Crippen LogP contribution is 2.26. The molecule has 0 saturated carbocycles. The van der Waals surface area contributed by atoms with Crippen molar-refractivity contribution < 1.29 is 18.7 Å². The van der Waals surface area contributed by atoms with Crippen LogP contribution in [0.4, 0.5) is 0 Å². The maximum Gasteiger partial charge on any atom is 0.257 e. The Kier molecular flexibility index (Phi) is 5.10. The molecule has 0 radical (unpaired) electrons. The van der Waals surface area contributed by atoms with Crippen LogP contribution in [0.5, 0.6) is 11.5 Å². The van der Waals surface area contributed by atoms with Gasteiger partial charge in [-0.3, -0.25) is 9.59 Å². The largest absolute Gasteiger partial charge is 0.472 e. The number of benzene rings is 2. The Morgan fingerprint density at radius 2 is 1.43 bits per heavy atom. The quantitative estimate of drug-likeness (QED) is 0.697. The first kappa shape index (κ1) is 17.9. The van der Waals surface area contributed by atoms with Crippen molar-refractivity contribution in [1.82, 2.24) is 9.80 Å². The second-order valence-electron chi connectivity index (χ2n) is 6.51. The van der Waals surface area contributed by atoms with Gasteiger partial charge in [-0.15, -0.1) is 0 Å². The molecule has 6 nitrogen and oxygen atoms in total. The molecule has 1 saturated heterocycles. The Bertz CT molecular complexity index is 946. The third-order valence-corrected chi connectivity index (χ3v) is 4.71. The Morgan fingerprint density at radius 1 is 0.786 bits per heavy atom. The minimum Gasteiger partial charge on any atom is -0.472 e. The number of hydrogen-bond donors (Lipinski definition) is 0. The third kappa shape index (κ3) is 3.76. The van der Waals surface area contributed by atoms with Crippen molar-refractivity contribution in [3.05, 3.63) is 84.3 Å². The smallest absolute Gasteiger partial charge is 0.257 e. The fraction of sp³-hybridized carbons (Fsp3) is 0.182. The Hall–Kier alpha value is -3.54. The van der Waals surface area contributed by atoms with Crippen molar-refractivity contribution in [2.24, 2.45) is 0 Å². The Balaban J connectivity index is 1.44. The van der Waals surface area contributed by atoms with Crippen LogP contribution in [-0.2, 0) is 0 Å². The zero-order chi connectivity index (χ0) is 19.3. The molecule has 0 spiro atoms. The van der Waals surface area contributed by atoms with Gasteiger partial charge in [0.15, 0.2) is 0 Å². The standard InChI is InChI=1S/C22H20N2O4/c25-21(17-10-15-27-16-17)23-11-13-24(14-12-23)22(26)19-8-4-5-9-20(19)28-18-6-2-1-3-7-18/h1-10,15-16H,11-14H2. The number of piperazine rings is 1. The lowest BCUT2D eigenvalue weighted by Crippen LogP contribution is -2.50. The summed E-state index contributed by atoms with van der Waals surface area (Å²) in [5.74, 6) is 1.03. The maximum atomic E-state index is 13.0. The fourth-order valence-corrected chi connectivity index (χ4v) is 3.20. The first-order valence-corrected chi connectivity index (χ1v) is 9.15. The minimum absolute atomic E-state index is 0.0753. The summed E-state index contributed by atoms with van der Waals surface area (Å²) < 4.78 is 10.9. The third-order valence-electron chi connectivity index (χ3n) is 4.71. The first-order valence-electron chi connectivity index (χ1n) is 9.15. The van der Waals surface area contributed by atoms with Crippen molar-refractivity contribution in [3.8, 4) is 11.5 Å². The van der Waals surface area contributed by atoms with Gasteiger partial charge in [-0.25, -0.2) is 0 Å². The highest BCUT2D eigenvalue weighted by molar-refractivity contribution is 5.97. The predicted molar refractivity (Wildman–Crippen MR) is 103 cm³/mol. The topological polar surface area (TPSA) is 63.0 Å². The molecule has 0 aliphatic carbocycles. The summed E-state index contributed by atoms with van der Waals surface area (Å²) in [6.45, 7) is 1.92. The van der Waals surface area contributed by atoms with Gasteiger partial charge in [-0.1, -0.05) is 30.3 Å². The van der Waals surface area contributed by atoms with Crippen LogP contribution < -0.4 is 4.74 Å². The molecule has 1 aliphatic rings. The molecule has 0 bridgehead atoms. The number of hydrogen-bond acceptors (Lipinski definition) is 4. The van der Waals surface area contributed by atoms with Crippen LogP contribution in [0, 0.1) is 0 Å². The van der Waals surface area contributed by atoms with Crippen molar-refractivity contribution in [3.63, 3.8) is 0 Å². The van der Waals surface area contributed by atoms with Crippen LogP contribution in [0.2, 0.25) is 0 Å². The molecular weight excluding hydrogens is 356 g/mol. The maximum absolute atomic E-state index is 13.0. The fourth-order valence-electron chi connectivity index (χ4n) is 3.20. The lowest BCUT2D eigenvalue weighted by molar-refractivity contribution is 0.0533. The van der Waals surface area contributed by atoms with Crippen molar-refractivity contribution in [2.45, 2.75) is 0 Å². The van der Waals surface area contributed by atoms with Gasteiger partial charge in [-0.05, 0) is 30.3 Å². The average Bonchev–Trinajstić information content (AvgIpc) is 3.29. The van der Waals surface area contributed by atoms with Gasteiger partial charge in [-0.2, -0.15) is 0 Å². The minimum atomic E-state index is -0.0954. The molecule has 2 heterocycles. The predicted octanol–water partition coefficient (Wildman–Crippen LogP) is 3.67. The van der Waals surface area contributed by atoms with E-state index in [-0.39, 0.29) is 11.8 Å². The van der Waals surface area contributed by atoms with Crippen LogP contribution in [-0.4, -0.2) is 47.8 Å². The summed E-state index contributed by atoms with van der Waals surface area (Å²) >= 11 is 0. The molecule has 1 aromatic heterocycles. The summed E-state index contributed by atoms with van der Waals surface area (Å²) in [7, 11) is 0. The van der Waals surface area contributed by atoms with Crippen LogP contribution in [0.25, 0.3) is 0 Å². The number of para-hydroxylation sites is 2. The van der Waals surface area contributed by atoms with Crippen LogP contribution in [0.15, 0.2) is 77.6 Å². The van der Waals surface area contributed by atoms with E-state index in [2.05, 4.69) is 0 Å². The monoisotopic (exact) mass is 376 g/mol. The molecule has 0 unspecified atom stereocenters. The van der Waals surface area contributed by atoms with E-state index in [1.807, 2.05) is 42.5 Å². The zero-order valence-corrected chi connectivity index (χ0v) is 15.3. The summed E-state index contributed by atoms with van der Waals surface area (Å²) in [5, 5.41) is 0. The number of nitrogens with zero attached hydrogens (tertiary/aromatic N) is 2. The Labute approximate surface area is 162 Å². The molecule has 1 aliphatic heterocycles. The molecule has 142 valence electrons. The Morgan fingerprint density at radius 3 is 2.11 bits per heavy atom. The zero-order valence-electron chi connectivity index (χ0n) is 15.3. The van der Waals surface area contributed by atoms with Crippen LogP contribution in [0.3, 0.4) is 0 Å². The normalized spacial score (nSPS) is 14.0. The summed E-state index contributed by atoms with van der Waals surface area (Å²) in [5.41, 5.74) is 1.04. The first-order chi connectivity index (χ1) is 13.7. The second-order valence-corrected chi connectivity index (χ2v) is 6.51. The molecule has 6 heteroatoms. The number of carbonyl (C=O) groups excluding carboxylic acids is 2. The van der Waals surface area contributed by atoms with Crippen molar-refractivity contribution in [2.75, 3.05) is 26.2 Å². The summed E-state index contributed by atoms with van der Waals surface area (Å²) in [6.07, 6.45) is 2.92. The molecular formula is C22H20N2O4. The lowest BCUT2D eigenvalue weighted by atomic mass is 10.1. The summed E-state index contributed by atoms with van der Waals surface area (Å²) in [6, 6.07) is 18.3. The molecule has 3 aromatic rings. The molecule has 0 atom stereocenters. The molecule has 1 fully saturated rings. The van der Waals surface area contributed by atoms with Crippen molar-refractivity contribution >= 4 is 11.8 Å². The molecule has 28 heavy (non-hydrogen) atoms. The van der Waals surface area contributed by atoms with E-state index in [0.717, 1.165) is 0 Å². The van der Waals surface area contributed by atoms with E-state index in [1.165, 1.54) is 12.5 Å². The van der Waals surface area contributed by atoms with Gasteiger partial charge in [0.25, 0.3) is 11.8 Å². The molecule has 0 N–H and O–H groups in total. The van der Waals surface area contributed by atoms with E-state index in [1.54, 1.807) is 28.0 Å². The van der Waals surface area contributed by atoms with Crippen LogP contribution in [0.1, 0.15) is 20.7 Å². The highest BCUT2D eigenvalue weighted by atomic mass is 16.5. The van der Waals surface area contributed by atoms with Gasteiger partial charge in [0, 0.05) is 26.2 Å². The number of furan rings is 1. The van der Waals surface area contributed by atoms with Crippen molar-refractivity contribution in [1.29, 1.82) is 0 Å². The molecule has 2 amide bonds. The lowest BCUT2D eigenvalue weighted by Gasteiger charge is -2.34. The molecule has 4 rings (SSSR count). The number of ether oxygens (including phenoxy) is 1. The number of amides is 2. The van der Waals surface area contributed by atoms with Gasteiger partial charge in [0.2, 0.25) is 0 Å². The highest BCUT2D eigenvalue weighted by Gasteiger charge is 2.27. The van der Waals surface area contributed by atoms with E-state index >= 15 is 0 Å². The molecule has 2 aromatic carbocycles. The second kappa shape index (κ2) is 8.00. The number of carbonyl (C=O) groups is 2. The van der Waals surface area contributed by atoms with Gasteiger partial charge in [0.05, 0.1) is 17.4 Å².